The molecule has 2 N–H and O–H groups in total. The molecule has 1 saturated heterocycles. The number of nitrogens with zero attached hydrogens (tertiary/aromatic N) is 3. The Labute approximate surface area is 184 Å². The maximum absolute atomic E-state index is 12.8. The van der Waals surface area contributed by atoms with Crippen molar-refractivity contribution >= 4 is 34.8 Å². The zero-order valence-corrected chi connectivity index (χ0v) is 17.9. The molecule has 0 radical (unpaired) electrons. The van der Waals surface area contributed by atoms with Gasteiger partial charge in [-0.05, 0) is 69.2 Å². The lowest BCUT2D eigenvalue weighted by molar-refractivity contribution is -0.124. The second-order valence-electron chi connectivity index (χ2n) is 7.36. The average molecular weight is 440 g/mol. The fourth-order valence-electron chi connectivity index (χ4n) is 3.40. The fourth-order valence-corrected chi connectivity index (χ4v) is 3.60. The number of halogens is 1. The molecule has 3 aromatic rings. The monoisotopic (exact) mass is 439 g/mol. The molecule has 3 heterocycles. The summed E-state index contributed by atoms with van der Waals surface area (Å²) in [6.07, 6.45) is 1.22. The Morgan fingerprint density at radius 3 is 2.42 bits per heavy atom. The number of rotatable bonds is 5. The lowest BCUT2D eigenvalue weighted by Crippen LogP contribution is -2.26. The first-order valence-electron chi connectivity index (χ1n) is 9.95. The third kappa shape index (κ3) is 4.76. The van der Waals surface area contributed by atoms with E-state index < -0.39 is 12.0 Å². The van der Waals surface area contributed by atoms with Crippen LogP contribution in [0.25, 0.3) is 5.82 Å². The highest BCUT2D eigenvalue weighted by molar-refractivity contribution is 6.34. The molecule has 0 bridgehead atoms. The maximum atomic E-state index is 12.8. The normalized spacial score (nSPS) is 15.6. The molecule has 0 saturated carbocycles. The van der Waals surface area contributed by atoms with Crippen LogP contribution in [-0.2, 0) is 9.53 Å². The van der Waals surface area contributed by atoms with Crippen LogP contribution in [0.15, 0.2) is 42.5 Å². The number of aromatic nitrogens is 3. The molecule has 4 rings (SSSR count). The van der Waals surface area contributed by atoms with Gasteiger partial charge in [-0.25, -0.2) is 9.67 Å². The highest BCUT2D eigenvalue weighted by Crippen LogP contribution is 2.21. The Hall–Kier alpha value is -3.23. The highest BCUT2D eigenvalue weighted by atomic mass is 35.5. The first-order valence-corrected chi connectivity index (χ1v) is 10.3. The zero-order chi connectivity index (χ0) is 22.0. The van der Waals surface area contributed by atoms with Gasteiger partial charge in [-0.1, -0.05) is 11.6 Å². The van der Waals surface area contributed by atoms with E-state index in [0.717, 1.165) is 24.2 Å². The Morgan fingerprint density at radius 2 is 1.81 bits per heavy atom. The summed E-state index contributed by atoms with van der Waals surface area (Å²) in [5.41, 5.74) is 3.03. The molecule has 31 heavy (non-hydrogen) atoms. The van der Waals surface area contributed by atoms with E-state index in [1.54, 1.807) is 41.1 Å². The molecule has 1 aromatic carbocycles. The van der Waals surface area contributed by atoms with Crippen molar-refractivity contribution in [3.8, 4) is 5.82 Å². The van der Waals surface area contributed by atoms with Crippen molar-refractivity contribution in [1.82, 2.24) is 14.8 Å². The number of ether oxygens (including phenoxy) is 1. The van der Waals surface area contributed by atoms with Crippen LogP contribution in [0.4, 0.5) is 11.4 Å². The van der Waals surface area contributed by atoms with Crippen molar-refractivity contribution in [1.29, 1.82) is 0 Å². The van der Waals surface area contributed by atoms with Gasteiger partial charge in [0, 0.05) is 23.7 Å². The van der Waals surface area contributed by atoms with Gasteiger partial charge in [0.1, 0.15) is 11.8 Å². The number of hydrogen-bond acceptors (Lipinski definition) is 5. The smallest absolute Gasteiger partial charge is 0.275 e. The van der Waals surface area contributed by atoms with Gasteiger partial charge >= 0.3 is 0 Å². The van der Waals surface area contributed by atoms with Crippen molar-refractivity contribution in [3.05, 3.63) is 64.6 Å². The molecular weight excluding hydrogens is 418 g/mol. The number of carbonyl (C=O) groups excluding carboxylic acids is 2. The number of aryl methyl sites for hydroxylation is 2. The lowest BCUT2D eigenvalue weighted by atomic mass is 10.2. The number of nitrogens with one attached hydrogen (secondary N) is 2. The van der Waals surface area contributed by atoms with E-state index in [0.29, 0.717) is 23.8 Å². The summed E-state index contributed by atoms with van der Waals surface area (Å²) in [5, 5.41) is 10.2. The van der Waals surface area contributed by atoms with Gasteiger partial charge in [0.2, 0.25) is 0 Å². The Bertz CT molecular complexity index is 1120. The highest BCUT2D eigenvalue weighted by Gasteiger charge is 2.23. The standard InChI is InChI=1S/C22H22ClN5O3/c1-13-12-14(2)28(27-13)19-10-9-17(23)20(26-19)22(30)25-16-7-5-15(6-8-16)24-21(29)18-4-3-11-31-18/h5-10,12,18H,3-4,11H2,1-2H3,(H,24,29)(H,25,30). The van der Waals surface area contributed by atoms with Gasteiger partial charge in [-0.3, -0.25) is 9.59 Å². The molecule has 2 amide bonds. The molecule has 1 aliphatic rings. The van der Waals surface area contributed by atoms with Crippen LogP contribution in [0, 0.1) is 13.8 Å². The number of amides is 2. The quantitative estimate of drug-likeness (QED) is 0.628. The third-order valence-electron chi connectivity index (χ3n) is 4.91. The number of anilines is 2. The summed E-state index contributed by atoms with van der Waals surface area (Å²) >= 11 is 6.22. The van der Waals surface area contributed by atoms with E-state index in [2.05, 4.69) is 20.7 Å². The summed E-state index contributed by atoms with van der Waals surface area (Å²) in [6.45, 7) is 4.41. The Balaban J connectivity index is 1.46. The molecule has 0 aliphatic carbocycles. The number of pyridine rings is 1. The second-order valence-corrected chi connectivity index (χ2v) is 7.77. The van der Waals surface area contributed by atoms with E-state index in [1.165, 1.54) is 0 Å². The number of benzene rings is 1. The second kappa shape index (κ2) is 8.87. The molecule has 1 unspecified atom stereocenters. The summed E-state index contributed by atoms with van der Waals surface area (Å²) in [6, 6.07) is 12.1. The van der Waals surface area contributed by atoms with Crippen LogP contribution in [0.1, 0.15) is 34.7 Å². The lowest BCUT2D eigenvalue weighted by Gasteiger charge is -2.12. The van der Waals surface area contributed by atoms with Crippen LogP contribution in [0.2, 0.25) is 5.02 Å². The molecule has 8 nitrogen and oxygen atoms in total. The van der Waals surface area contributed by atoms with Crippen LogP contribution in [0.5, 0.6) is 0 Å². The molecule has 1 aliphatic heterocycles. The zero-order valence-electron chi connectivity index (χ0n) is 17.2. The minimum Gasteiger partial charge on any atom is -0.368 e. The first kappa shape index (κ1) is 21.0. The van der Waals surface area contributed by atoms with Crippen molar-refractivity contribution in [2.75, 3.05) is 17.2 Å². The number of hydrogen-bond donors (Lipinski definition) is 2. The largest absolute Gasteiger partial charge is 0.368 e. The Kier molecular flexibility index (Phi) is 6.01. The summed E-state index contributed by atoms with van der Waals surface area (Å²) < 4.78 is 7.04. The molecule has 1 atom stereocenters. The molecule has 1 fully saturated rings. The molecule has 9 heteroatoms. The van der Waals surface area contributed by atoms with Crippen LogP contribution in [0.3, 0.4) is 0 Å². The molecule has 160 valence electrons. The minimum absolute atomic E-state index is 0.0995. The number of carbonyl (C=O) groups is 2. The van der Waals surface area contributed by atoms with Gasteiger partial charge in [0.25, 0.3) is 11.8 Å². The summed E-state index contributed by atoms with van der Waals surface area (Å²) in [5.74, 6) is -0.0944. The van der Waals surface area contributed by atoms with Gasteiger partial charge in [-0.15, -0.1) is 0 Å². The van der Waals surface area contributed by atoms with Gasteiger partial charge in [0.05, 0.1) is 10.7 Å². The van der Waals surface area contributed by atoms with E-state index in [-0.39, 0.29) is 16.6 Å². The predicted molar refractivity (Wildman–Crippen MR) is 118 cm³/mol. The molecule has 2 aromatic heterocycles. The first-order chi connectivity index (χ1) is 14.9. The minimum atomic E-state index is -0.440. The molecular formula is C22H22ClN5O3. The SMILES string of the molecule is Cc1cc(C)n(-c2ccc(Cl)c(C(=O)Nc3ccc(NC(=O)C4CCCO4)cc3)n2)n1. The van der Waals surface area contributed by atoms with Gasteiger partial charge < -0.3 is 15.4 Å². The fraction of sp³-hybridized carbons (Fsp3) is 0.273. The van der Waals surface area contributed by atoms with E-state index >= 15 is 0 Å². The van der Waals surface area contributed by atoms with Crippen LogP contribution >= 0.6 is 11.6 Å². The van der Waals surface area contributed by atoms with Crippen molar-refractivity contribution < 1.29 is 14.3 Å². The maximum Gasteiger partial charge on any atom is 0.275 e. The summed E-state index contributed by atoms with van der Waals surface area (Å²) in [4.78, 5) is 29.3. The topological polar surface area (TPSA) is 98.1 Å². The predicted octanol–water partition coefficient (Wildman–Crippen LogP) is 3.91. The van der Waals surface area contributed by atoms with E-state index in [4.69, 9.17) is 16.3 Å². The molecule has 0 spiro atoms. The third-order valence-corrected chi connectivity index (χ3v) is 5.21. The average Bonchev–Trinajstić information content (AvgIpc) is 3.39. The Morgan fingerprint density at radius 1 is 1.10 bits per heavy atom. The van der Waals surface area contributed by atoms with Crippen molar-refractivity contribution in [3.63, 3.8) is 0 Å². The van der Waals surface area contributed by atoms with E-state index in [9.17, 15) is 9.59 Å². The van der Waals surface area contributed by atoms with Crippen molar-refractivity contribution in [2.45, 2.75) is 32.8 Å². The van der Waals surface area contributed by atoms with Gasteiger partial charge in [-0.2, -0.15) is 5.10 Å². The van der Waals surface area contributed by atoms with E-state index in [1.807, 2.05) is 19.9 Å². The van der Waals surface area contributed by atoms with Crippen LogP contribution in [-0.4, -0.2) is 39.3 Å². The van der Waals surface area contributed by atoms with Crippen molar-refractivity contribution in [2.24, 2.45) is 0 Å². The summed E-state index contributed by atoms with van der Waals surface area (Å²) in [7, 11) is 0. The van der Waals surface area contributed by atoms with Gasteiger partial charge in [0.15, 0.2) is 5.82 Å². The van der Waals surface area contributed by atoms with Crippen LogP contribution < -0.4 is 10.6 Å².